The molecule has 0 spiro atoms. The Bertz CT molecular complexity index is 1060. The van der Waals surface area contributed by atoms with Crippen molar-refractivity contribution in [3.63, 3.8) is 0 Å². The number of nitriles is 1. The number of β-lactam (4-membered cyclic amide) rings is 1. The smallest absolute Gasteiger partial charge is 0.543 e. The molecule has 1 N–H and O–H groups in total. The molecule has 0 saturated carbocycles. The Morgan fingerprint density at radius 3 is 2.82 bits per heavy atom. The van der Waals surface area contributed by atoms with Crippen molar-refractivity contribution in [3.8, 4) is 6.07 Å². The number of carbonyl (C=O) groups excluding carboxylic acids is 2. The Balaban J connectivity index is 0.00000225. The van der Waals surface area contributed by atoms with E-state index >= 15 is 0 Å². The van der Waals surface area contributed by atoms with Gasteiger partial charge in [-0.15, -0.1) is 11.3 Å². The van der Waals surface area contributed by atoms with Gasteiger partial charge in [-0.1, -0.05) is 18.7 Å². The number of rotatable bonds is 4. The van der Waals surface area contributed by atoms with Gasteiger partial charge in [-0.3, -0.25) is 4.79 Å². The quantitative estimate of drug-likeness (QED) is 0.450. The fourth-order valence-electron chi connectivity index (χ4n) is 3.76. The molecular formula is C18H14N3NaO4S2. The van der Waals surface area contributed by atoms with Gasteiger partial charge >= 0.3 is 29.6 Å². The van der Waals surface area contributed by atoms with Gasteiger partial charge in [0.25, 0.3) is 0 Å². The van der Waals surface area contributed by atoms with E-state index in [0.29, 0.717) is 14.8 Å². The molecule has 2 aromatic rings. The SMILES string of the molecule is C[C@@H](O)[C@H]1C(=O)N2C(C(=O)[O-])=C(Sc3nc4ccc(C#N)cc4s3)[C@H](C)[C@H]12.[Na+]. The van der Waals surface area contributed by atoms with E-state index in [-0.39, 0.29) is 53.1 Å². The third-order valence-electron chi connectivity index (χ3n) is 5.00. The summed E-state index contributed by atoms with van der Waals surface area (Å²) < 4.78 is 1.46. The molecule has 1 amide bonds. The second kappa shape index (κ2) is 7.78. The summed E-state index contributed by atoms with van der Waals surface area (Å²) in [5.74, 6) is -2.65. The first-order valence-electron chi connectivity index (χ1n) is 8.28. The normalized spacial score (nSPS) is 24.4. The molecule has 4 rings (SSSR count). The fraction of sp³-hybridized carbons (Fsp3) is 0.333. The number of thiazole rings is 1. The minimum atomic E-state index is -1.41. The van der Waals surface area contributed by atoms with Crippen molar-refractivity contribution in [2.75, 3.05) is 0 Å². The molecule has 0 aliphatic carbocycles. The van der Waals surface area contributed by atoms with Crippen LogP contribution < -0.4 is 34.7 Å². The standard InChI is InChI=1S/C18H15N3O4S2.Na/c1-7-13-12(8(2)22)16(23)21(13)14(17(24)25)15(7)27-18-20-10-4-3-9(6-19)5-11(10)26-18;/h3-5,7-8,12-13,22H,1-2H3,(H,24,25);/q;+1/p-1/t7-,8-,12-,13-;/m1./s1. The Hall–Kier alpha value is -1.41. The number of carboxylic acids is 1. The monoisotopic (exact) mass is 423 g/mol. The van der Waals surface area contributed by atoms with Crippen molar-refractivity contribution in [3.05, 3.63) is 34.4 Å². The number of aliphatic hydroxyl groups is 1. The van der Waals surface area contributed by atoms with Crippen molar-refractivity contribution >= 4 is 45.2 Å². The van der Waals surface area contributed by atoms with Crippen molar-refractivity contribution in [2.45, 2.75) is 30.3 Å². The Labute approximate surface area is 191 Å². The van der Waals surface area contributed by atoms with Gasteiger partial charge < -0.3 is 19.9 Å². The topological polar surface area (TPSA) is 117 Å². The van der Waals surface area contributed by atoms with E-state index in [1.54, 1.807) is 18.2 Å². The zero-order valence-corrected chi connectivity index (χ0v) is 19.0. The molecule has 0 unspecified atom stereocenters. The third kappa shape index (κ3) is 3.18. The number of fused-ring (bicyclic) bond motifs is 2. The molecule has 2 aliphatic rings. The third-order valence-corrected chi connectivity index (χ3v) is 7.36. The molecule has 0 bridgehead atoms. The van der Waals surface area contributed by atoms with Gasteiger partial charge in [0, 0.05) is 10.8 Å². The van der Waals surface area contributed by atoms with Crippen molar-refractivity contribution in [1.82, 2.24) is 9.88 Å². The second-order valence-corrected chi connectivity index (χ2v) is 8.95. The van der Waals surface area contributed by atoms with E-state index in [9.17, 15) is 19.8 Å². The van der Waals surface area contributed by atoms with Crippen LogP contribution >= 0.6 is 23.1 Å². The molecule has 138 valence electrons. The molecule has 1 aromatic carbocycles. The molecule has 0 radical (unpaired) electrons. The number of benzene rings is 1. The number of hydrogen-bond acceptors (Lipinski definition) is 8. The van der Waals surface area contributed by atoms with Crippen LogP contribution in [0.2, 0.25) is 0 Å². The van der Waals surface area contributed by atoms with Gasteiger partial charge in [-0.2, -0.15) is 5.26 Å². The van der Waals surface area contributed by atoms with Crippen molar-refractivity contribution in [1.29, 1.82) is 5.26 Å². The Morgan fingerprint density at radius 2 is 2.21 bits per heavy atom. The van der Waals surface area contributed by atoms with Gasteiger partial charge in [0.1, 0.15) is 0 Å². The molecule has 2 aliphatic heterocycles. The molecule has 4 atom stereocenters. The van der Waals surface area contributed by atoms with Crippen LogP contribution in [0.15, 0.2) is 33.1 Å². The fourth-order valence-corrected chi connectivity index (χ4v) is 6.14. The predicted molar refractivity (Wildman–Crippen MR) is 97.2 cm³/mol. The summed E-state index contributed by atoms with van der Waals surface area (Å²) in [6.07, 6.45) is -0.847. The molecule has 1 aromatic heterocycles. The van der Waals surface area contributed by atoms with Gasteiger partial charge in [-0.25, -0.2) is 4.98 Å². The van der Waals surface area contributed by atoms with E-state index < -0.39 is 18.0 Å². The summed E-state index contributed by atoms with van der Waals surface area (Å²) in [5.41, 5.74) is 1.13. The van der Waals surface area contributed by atoms with Crippen LogP contribution in [0.4, 0.5) is 0 Å². The van der Waals surface area contributed by atoms with Crippen LogP contribution in [0.1, 0.15) is 19.4 Å². The first-order valence-corrected chi connectivity index (χ1v) is 9.92. The van der Waals surface area contributed by atoms with Gasteiger partial charge in [0.15, 0.2) is 4.34 Å². The maximum Gasteiger partial charge on any atom is 1.00 e. The largest absolute Gasteiger partial charge is 1.00 e. The second-order valence-electron chi connectivity index (χ2n) is 6.63. The van der Waals surface area contributed by atoms with E-state index in [0.717, 1.165) is 10.2 Å². The van der Waals surface area contributed by atoms with Gasteiger partial charge in [0.2, 0.25) is 5.91 Å². The molecule has 3 heterocycles. The number of nitrogens with zero attached hydrogens (tertiary/aromatic N) is 3. The van der Waals surface area contributed by atoms with Crippen LogP contribution in [-0.4, -0.2) is 39.0 Å². The number of amides is 1. The maximum atomic E-state index is 12.3. The number of aromatic nitrogens is 1. The summed E-state index contributed by atoms with van der Waals surface area (Å²) >= 11 is 2.57. The predicted octanol–water partition coefficient (Wildman–Crippen LogP) is -1.92. The summed E-state index contributed by atoms with van der Waals surface area (Å²) in [6.45, 7) is 3.38. The average Bonchev–Trinajstić information content (AvgIpc) is 3.11. The van der Waals surface area contributed by atoms with Crippen molar-refractivity contribution < 1.29 is 49.4 Å². The summed E-state index contributed by atoms with van der Waals surface area (Å²) in [4.78, 5) is 30.3. The van der Waals surface area contributed by atoms with Crippen LogP contribution in [0.3, 0.4) is 0 Å². The molecule has 28 heavy (non-hydrogen) atoms. The van der Waals surface area contributed by atoms with Crippen molar-refractivity contribution in [2.24, 2.45) is 11.8 Å². The number of carboxylic acid groups (broad SMARTS) is 1. The van der Waals surface area contributed by atoms with E-state index in [4.69, 9.17) is 5.26 Å². The van der Waals surface area contributed by atoms with Gasteiger partial charge in [-0.05, 0) is 25.1 Å². The van der Waals surface area contributed by atoms with Crippen LogP contribution in [0.5, 0.6) is 0 Å². The number of thioether (sulfide) groups is 1. The zero-order chi connectivity index (χ0) is 19.5. The molecule has 7 nitrogen and oxygen atoms in total. The maximum absolute atomic E-state index is 12.3. The Morgan fingerprint density at radius 1 is 1.50 bits per heavy atom. The minimum Gasteiger partial charge on any atom is -0.543 e. The molecular weight excluding hydrogens is 409 g/mol. The first kappa shape index (κ1) is 21.3. The Kier molecular flexibility index (Phi) is 5.92. The number of hydrogen-bond donors (Lipinski definition) is 1. The van der Waals surface area contributed by atoms with Crippen LogP contribution in [0, 0.1) is 23.2 Å². The van der Waals surface area contributed by atoms with Crippen LogP contribution in [0.25, 0.3) is 10.2 Å². The van der Waals surface area contributed by atoms with E-state index in [2.05, 4.69) is 11.1 Å². The molecule has 10 heteroatoms. The zero-order valence-electron chi connectivity index (χ0n) is 15.4. The summed E-state index contributed by atoms with van der Waals surface area (Å²) in [6, 6.07) is 6.87. The minimum absolute atomic E-state index is 0. The summed E-state index contributed by atoms with van der Waals surface area (Å²) in [5, 5.41) is 30.6. The van der Waals surface area contributed by atoms with Crippen LogP contribution in [-0.2, 0) is 9.59 Å². The molecule has 1 fully saturated rings. The average molecular weight is 423 g/mol. The molecule has 1 saturated heterocycles. The number of carbonyl (C=O) groups is 2. The summed E-state index contributed by atoms with van der Waals surface area (Å²) in [7, 11) is 0. The first-order chi connectivity index (χ1) is 12.8. The van der Waals surface area contributed by atoms with E-state index in [1.165, 1.54) is 34.9 Å². The number of aliphatic carboxylic acids is 1. The van der Waals surface area contributed by atoms with Gasteiger partial charge in [0.05, 0.1) is 51.6 Å². The van der Waals surface area contributed by atoms with E-state index in [1.807, 2.05) is 6.92 Å². The number of aliphatic hydroxyl groups excluding tert-OH is 1.